The Balaban J connectivity index is 1.28. The van der Waals surface area contributed by atoms with Gasteiger partial charge in [-0.2, -0.15) is 0 Å². The highest BCUT2D eigenvalue weighted by Gasteiger charge is 2.33. The zero-order chi connectivity index (χ0) is 27.8. The molecule has 2 aliphatic heterocycles. The Kier molecular flexibility index (Phi) is 10.0. The van der Waals surface area contributed by atoms with Gasteiger partial charge in [0.15, 0.2) is 6.29 Å². The Morgan fingerprint density at radius 1 is 0.775 bits per heavy atom. The van der Waals surface area contributed by atoms with Crippen molar-refractivity contribution in [1.29, 1.82) is 0 Å². The maximum absolute atomic E-state index is 12.6. The standard InChI is InChI=1S/C32H40N2O5S/c35-24-26-13-15-27(16-14-26)31-21-29(23-34-19-7-2-1-3-8-20-34)38-32(39-31)28-17-11-25(12-18-28)22-33-40(36,37)30-9-5-4-6-10-30/h4-6,9-18,29,31-33,35H,1-3,7-8,19-24H2/t29-,31+,32?/m0/s1. The second-order valence-corrected chi connectivity index (χ2v) is 12.6. The van der Waals surface area contributed by atoms with Gasteiger partial charge in [-0.3, -0.25) is 0 Å². The lowest BCUT2D eigenvalue weighted by Gasteiger charge is -2.38. The third-order valence-corrected chi connectivity index (χ3v) is 9.21. The number of rotatable bonds is 9. The van der Waals surface area contributed by atoms with Gasteiger partial charge in [0.05, 0.1) is 23.7 Å². The van der Waals surface area contributed by atoms with Gasteiger partial charge in [0.25, 0.3) is 0 Å². The smallest absolute Gasteiger partial charge is 0.240 e. The molecule has 2 heterocycles. The molecule has 3 aromatic carbocycles. The maximum Gasteiger partial charge on any atom is 0.240 e. The van der Waals surface area contributed by atoms with Gasteiger partial charge in [-0.1, -0.05) is 86.0 Å². The molecule has 1 unspecified atom stereocenters. The molecule has 40 heavy (non-hydrogen) atoms. The van der Waals surface area contributed by atoms with Gasteiger partial charge in [-0.25, -0.2) is 13.1 Å². The quantitative estimate of drug-likeness (QED) is 0.359. The van der Waals surface area contributed by atoms with Crippen LogP contribution in [-0.2, 0) is 32.6 Å². The predicted molar refractivity (Wildman–Crippen MR) is 155 cm³/mol. The zero-order valence-corrected chi connectivity index (χ0v) is 23.8. The van der Waals surface area contributed by atoms with Crippen molar-refractivity contribution in [3.8, 4) is 0 Å². The number of hydrogen-bond donors (Lipinski definition) is 2. The monoisotopic (exact) mass is 564 g/mol. The summed E-state index contributed by atoms with van der Waals surface area (Å²) in [6, 6.07) is 24.1. The van der Waals surface area contributed by atoms with E-state index in [0.29, 0.717) is 0 Å². The number of benzene rings is 3. The van der Waals surface area contributed by atoms with Gasteiger partial charge in [0, 0.05) is 25.1 Å². The first-order valence-corrected chi connectivity index (χ1v) is 15.8. The largest absolute Gasteiger partial charge is 0.392 e. The molecule has 3 aromatic rings. The SMILES string of the molecule is O=S(=O)(NCc1ccc(C2O[C@H](CN3CCCCCCC3)C[C@H](c3ccc(CO)cc3)O2)cc1)c1ccccc1. The Labute approximate surface area is 238 Å². The summed E-state index contributed by atoms with van der Waals surface area (Å²) in [4.78, 5) is 2.79. The van der Waals surface area contributed by atoms with Gasteiger partial charge < -0.3 is 19.5 Å². The van der Waals surface area contributed by atoms with E-state index in [1.54, 1.807) is 30.3 Å². The highest BCUT2D eigenvalue weighted by molar-refractivity contribution is 7.89. The molecule has 7 nitrogen and oxygen atoms in total. The summed E-state index contributed by atoms with van der Waals surface area (Å²) in [6.45, 7) is 3.30. The second-order valence-electron chi connectivity index (χ2n) is 10.8. The Morgan fingerprint density at radius 3 is 2.08 bits per heavy atom. The maximum atomic E-state index is 12.6. The molecule has 0 aromatic heterocycles. The first-order chi connectivity index (χ1) is 19.5. The molecule has 2 fully saturated rings. The summed E-state index contributed by atoms with van der Waals surface area (Å²) in [5.41, 5.74) is 3.72. The van der Waals surface area contributed by atoms with Gasteiger partial charge in [-0.15, -0.1) is 0 Å². The number of nitrogens with one attached hydrogen (secondary N) is 1. The van der Waals surface area contributed by atoms with Crippen molar-refractivity contribution in [2.45, 2.75) is 75.1 Å². The van der Waals surface area contributed by atoms with Gasteiger partial charge in [0.2, 0.25) is 10.0 Å². The molecule has 3 atom stereocenters. The Morgan fingerprint density at radius 2 is 1.40 bits per heavy atom. The predicted octanol–water partition coefficient (Wildman–Crippen LogP) is 5.47. The van der Waals surface area contributed by atoms with Crippen LogP contribution in [0.15, 0.2) is 83.8 Å². The summed E-state index contributed by atoms with van der Waals surface area (Å²) in [6.07, 6.45) is 6.53. The highest BCUT2D eigenvalue weighted by Crippen LogP contribution is 2.38. The van der Waals surface area contributed by atoms with Crippen molar-refractivity contribution >= 4 is 10.0 Å². The number of ether oxygens (including phenoxy) is 2. The van der Waals surface area contributed by atoms with E-state index < -0.39 is 16.3 Å². The van der Waals surface area contributed by atoms with Crippen molar-refractivity contribution in [2.75, 3.05) is 19.6 Å². The summed E-state index contributed by atoms with van der Waals surface area (Å²) in [5, 5.41) is 9.47. The summed E-state index contributed by atoms with van der Waals surface area (Å²) in [7, 11) is -3.58. The summed E-state index contributed by atoms with van der Waals surface area (Å²) < 4.78 is 40.9. The topological polar surface area (TPSA) is 88.1 Å². The fourth-order valence-corrected chi connectivity index (χ4v) is 6.51. The molecule has 0 radical (unpaired) electrons. The number of sulfonamides is 1. The lowest BCUT2D eigenvalue weighted by molar-refractivity contribution is -0.253. The average molecular weight is 565 g/mol. The minimum Gasteiger partial charge on any atom is -0.392 e. The van der Waals surface area contributed by atoms with E-state index in [4.69, 9.17) is 9.47 Å². The van der Waals surface area contributed by atoms with E-state index in [0.717, 1.165) is 48.3 Å². The third kappa shape index (κ3) is 7.78. The third-order valence-electron chi connectivity index (χ3n) is 7.80. The minimum absolute atomic E-state index is 0.0168. The van der Waals surface area contributed by atoms with Gasteiger partial charge >= 0.3 is 0 Å². The van der Waals surface area contributed by atoms with Crippen LogP contribution in [0.2, 0.25) is 0 Å². The van der Waals surface area contributed by atoms with Crippen LogP contribution in [0.1, 0.15) is 73.2 Å². The van der Waals surface area contributed by atoms with Crippen molar-refractivity contribution in [1.82, 2.24) is 9.62 Å². The van der Waals surface area contributed by atoms with Crippen molar-refractivity contribution in [3.63, 3.8) is 0 Å². The molecule has 2 N–H and O–H groups in total. The zero-order valence-electron chi connectivity index (χ0n) is 23.0. The molecule has 2 aliphatic rings. The lowest BCUT2D eigenvalue weighted by Crippen LogP contribution is -2.40. The van der Waals surface area contributed by atoms with Crippen LogP contribution < -0.4 is 4.72 Å². The number of likely N-dealkylation sites (tertiary alicyclic amines) is 1. The van der Waals surface area contributed by atoms with E-state index in [9.17, 15) is 13.5 Å². The molecular weight excluding hydrogens is 524 g/mol. The molecule has 214 valence electrons. The number of hydrogen-bond acceptors (Lipinski definition) is 6. The number of aliphatic hydroxyl groups is 1. The number of nitrogens with zero attached hydrogens (tertiary/aromatic N) is 1. The van der Waals surface area contributed by atoms with Crippen LogP contribution >= 0.6 is 0 Å². The molecule has 5 rings (SSSR count). The molecule has 0 spiro atoms. The van der Waals surface area contributed by atoms with Crippen LogP contribution in [0.4, 0.5) is 0 Å². The Bertz CT molecular complexity index is 1290. The van der Waals surface area contributed by atoms with Gasteiger partial charge in [-0.05, 0) is 54.8 Å². The molecule has 2 saturated heterocycles. The first-order valence-electron chi connectivity index (χ1n) is 14.4. The van der Waals surface area contributed by atoms with E-state index >= 15 is 0 Å². The molecule has 0 amide bonds. The van der Waals surface area contributed by atoms with Crippen molar-refractivity contribution < 1.29 is 23.0 Å². The molecule has 0 saturated carbocycles. The van der Waals surface area contributed by atoms with Crippen LogP contribution in [0.25, 0.3) is 0 Å². The fraction of sp³-hybridized carbons (Fsp3) is 0.438. The first kappa shape index (κ1) is 28.9. The van der Waals surface area contributed by atoms with Crippen LogP contribution in [0, 0.1) is 0 Å². The van der Waals surface area contributed by atoms with Crippen molar-refractivity contribution in [2.24, 2.45) is 0 Å². The Hall–Kier alpha value is -2.59. The molecule has 0 aliphatic carbocycles. The van der Waals surface area contributed by atoms with Gasteiger partial charge in [0.1, 0.15) is 0 Å². The van der Waals surface area contributed by atoms with Crippen molar-refractivity contribution in [3.05, 3.63) is 101 Å². The number of aliphatic hydroxyl groups excluding tert-OH is 1. The lowest BCUT2D eigenvalue weighted by atomic mass is 9.99. The van der Waals surface area contributed by atoms with E-state index in [-0.39, 0.29) is 30.3 Å². The summed E-state index contributed by atoms with van der Waals surface area (Å²) >= 11 is 0. The minimum atomic E-state index is -3.58. The van der Waals surface area contributed by atoms with E-state index in [1.165, 1.54) is 32.1 Å². The van der Waals surface area contributed by atoms with E-state index in [2.05, 4.69) is 9.62 Å². The average Bonchev–Trinajstić information content (AvgIpc) is 2.98. The fourth-order valence-electron chi connectivity index (χ4n) is 5.47. The molecule has 8 heteroatoms. The molecule has 0 bridgehead atoms. The second kappa shape index (κ2) is 13.9. The van der Waals surface area contributed by atoms with E-state index in [1.807, 2.05) is 48.5 Å². The van der Waals surface area contributed by atoms with Crippen LogP contribution in [0.5, 0.6) is 0 Å². The van der Waals surface area contributed by atoms with Crippen LogP contribution in [-0.4, -0.2) is 44.2 Å². The normalized spacial score (nSPS) is 22.9. The van der Waals surface area contributed by atoms with Crippen LogP contribution in [0.3, 0.4) is 0 Å². The molecular formula is C32H40N2O5S. The summed E-state index contributed by atoms with van der Waals surface area (Å²) in [5.74, 6) is 0. The highest BCUT2D eigenvalue weighted by atomic mass is 32.2.